The quantitative estimate of drug-likeness (QED) is 0.703. The number of hydrogen-bond acceptors (Lipinski definition) is 3. The molecule has 0 bridgehead atoms. The van der Waals surface area contributed by atoms with E-state index in [1.807, 2.05) is 6.92 Å². The second-order valence-corrected chi connectivity index (χ2v) is 3.54. The van der Waals surface area contributed by atoms with E-state index in [0.29, 0.717) is 0 Å². The van der Waals surface area contributed by atoms with E-state index in [0.717, 1.165) is 5.56 Å². The fourth-order valence-corrected chi connectivity index (χ4v) is 1.31. The number of aliphatic carboxylic acids is 1. The van der Waals surface area contributed by atoms with Crippen LogP contribution in [0.4, 0.5) is 0 Å². The SMILES string of the molecule is CC(NC(C)c1ccc(O)cc1)C(=O)O. The van der Waals surface area contributed by atoms with E-state index in [-0.39, 0.29) is 11.8 Å². The minimum atomic E-state index is -0.874. The Kier molecular flexibility index (Phi) is 3.68. The Labute approximate surface area is 88.6 Å². The lowest BCUT2D eigenvalue weighted by molar-refractivity contribution is -0.139. The molecule has 2 unspecified atom stereocenters. The number of phenolic OH excluding ortho intramolecular Hbond substituents is 1. The minimum Gasteiger partial charge on any atom is -0.508 e. The normalized spacial score (nSPS) is 14.5. The van der Waals surface area contributed by atoms with Crippen LogP contribution in [0.5, 0.6) is 5.75 Å². The van der Waals surface area contributed by atoms with Crippen molar-refractivity contribution in [2.45, 2.75) is 25.9 Å². The molecule has 82 valence electrons. The van der Waals surface area contributed by atoms with Crippen molar-refractivity contribution < 1.29 is 15.0 Å². The van der Waals surface area contributed by atoms with Crippen molar-refractivity contribution in [2.75, 3.05) is 0 Å². The predicted molar refractivity (Wildman–Crippen MR) is 56.8 cm³/mol. The summed E-state index contributed by atoms with van der Waals surface area (Å²) in [5.41, 5.74) is 0.945. The van der Waals surface area contributed by atoms with Crippen LogP contribution in [-0.2, 0) is 4.79 Å². The van der Waals surface area contributed by atoms with Gasteiger partial charge in [-0.05, 0) is 31.5 Å². The maximum absolute atomic E-state index is 10.6. The maximum Gasteiger partial charge on any atom is 0.320 e. The van der Waals surface area contributed by atoms with Crippen molar-refractivity contribution in [3.05, 3.63) is 29.8 Å². The second kappa shape index (κ2) is 4.79. The molecule has 1 rings (SSSR count). The van der Waals surface area contributed by atoms with Crippen LogP contribution in [0.15, 0.2) is 24.3 Å². The smallest absolute Gasteiger partial charge is 0.320 e. The molecule has 2 atom stereocenters. The molecular weight excluding hydrogens is 194 g/mol. The topological polar surface area (TPSA) is 69.6 Å². The number of phenols is 1. The van der Waals surface area contributed by atoms with Crippen LogP contribution in [0.25, 0.3) is 0 Å². The van der Waals surface area contributed by atoms with Crippen molar-refractivity contribution >= 4 is 5.97 Å². The zero-order valence-corrected chi connectivity index (χ0v) is 8.77. The molecule has 0 saturated carbocycles. The van der Waals surface area contributed by atoms with Gasteiger partial charge in [-0.15, -0.1) is 0 Å². The van der Waals surface area contributed by atoms with E-state index >= 15 is 0 Å². The highest BCUT2D eigenvalue weighted by molar-refractivity contribution is 5.72. The molecule has 3 N–H and O–H groups in total. The summed E-state index contributed by atoms with van der Waals surface area (Å²) in [7, 11) is 0. The first kappa shape index (κ1) is 11.5. The molecule has 0 fully saturated rings. The Morgan fingerprint density at radius 1 is 1.27 bits per heavy atom. The number of hydrogen-bond donors (Lipinski definition) is 3. The largest absolute Gasteiger partial charge is 0.508 e. The molecule has 0 saturated heterocycles. The fourth-order valence-electron chi connectivity index (χ4n) is 1.31. The predicted octanol–water partition coefficient (Wildman–Crippen LogP) is 1.52. The van der Waals surface area contributed by atoms with E-state index in [1.54, 1.807) is 31.2 Å². The van der Waals surface area contributed by atoms with Gasteiger partial charge in [-0.3, -0.25) is 10.1 Å². The Bertz CT molecular complexity index is 334. The van der Waals surface area contributed by atoms with Crippen molar-refractivity contribution in [2.24, 2.45) is 0 Å². The summed E-state index contributed by atoms with van der Waals surface area (Å²) >= 11 is 0. The van der Waals surface area contributed by atoms with Crippen LogP contribution in [0.1, 0.15) is 25.5 Å². The number of carboxylic acids is 1. The van der Waals surface area contributed by atoms with Gasteiger partial charge in [0.1, 0.15) is 11.8 Å². The van der Waals surface area contributed by atoms with Gasteiger partial charge in [-0.25, -0.2) is 0 Å². The summed E-state index contributed by atoms with van der Waals surface area (Å²) in [6.45, 7) is 3.48. The summed E-state index contributed by atoms with van der Waals surface area (Å²) in [6.07, 6.45) is 0. The summed E-state index contributed by atoms with van der Waals surface area (Å²) < 4.78 is 0. The summed E-state index contributed by atoms with van der Waals surface area (Å²) in [5.74, 6) is -0.669. The van der Waals surface area contributed by atoms with Gasteiger partial charge in [-0.1, -0.05) is 12.1 Å². The molecule has 15 heavy (non-hydrogen) atoms. The van der Waals surface area contributed by atoms with E-state index in [2.05, 4.69) is 5.32 Å². The van der Waals surface area contributed by atoms with Crippen LogP contribution in [0.3, 0.4) is 0 Å². The van der Waals surface area contributed by atoms with Crippen LogP contribution >= 0.6 is 0 Å². The summed E-state index contributed by atoms with van der Waals surface area (Å²) in [5, 5.41) is 20.7. The molecule has 1 aromatic rings. The molecule has 0 spiro atoms. The zero-order chi connectivity index (χ0) is 11.4. The van der Waals surface area contributed by atoms with Gasteiger partial charge in [0.2, 0.25) is 0 Å². The monoisotopic (exact) mass is 209 g/mol. The number of carboxylic acid groups (broad SMARTS) is 1. The lowest BCUT2D eigenvalue weighted by atomic mass is 10.1. The van der Waals surface area contributed by atoms with E-state index < -0.39 is 12.0 Å². The van der Waals surface area contributed by atoms with Crippen molar-refractivity contribution in [1.29, 1.82) is 0 Å². The van der Waals surface area contributed by atoms with Crippen LogP contribution < -0.4 is 5.32 Å². The number of rotatable bonds is 4. The van der Waals surface area contributed by atoms with Crippen molar-refractivity contribution in [3.63, 3.8) is 0 Å². The molecule has 0 heterocycles. The molecule has 0 aliphatic carbocycles. The lowest BCUT2D eigenvalue weighted by Gasteiger charge is -2.17. The molecule has 4 nitrogen and oxygen atoms in total. The van der Waals surface area contributed by atoms with E-state index in [9.17, 15) is 4.79 Å². The Hall–Kier alpha value is -1.55. The summed E-state index contributed by atoms with van der Waals surface area (Å²) in [4.78, 5) is 10.6. The molecule has 0 radical (unpaired) electrons. The highest BCUT2D eigenvalue weighted by atomic mass is 16.4. The molecule has 0 aliphatic rings. The number of carbonyl (C=O) groups is 1. The van der Waals surface area contributed by atoms with Gasteiger partial charge in [0, 0.05) is 6.04 Å². The Morgan fingerprint density at radius 2 is 1.80 bits per heavy atom. The summed E-state index contributed by atoms with van der Waals surface area (Å²) in [6, 6.07) is 6.05. The first-order valence-electron chi connectivity index (χ1n) is 4.78. The maximum atomic E-state index is 10.6. The number of benzene rings is 1. The fraction of sp³-hybridized carbons (Fsp3) is 0.364. The lowest BCUT2D eigenvalue weighted by Crippen LogP contribution is -2.35. The first-order chi connectivity index (χ1) is 7.00. The molecular formula is C11H15NO3. The molecule has 0 aromatic heterocycles. The van der Waals surface area contributed by atoms with E-state index in [4.69, 9.17) is 10.2 Å². The number of nitrogens with one attached hydrogen (secondary N) is 1. The molecule has 1 aromatic carbocycles. The van der Waals surface area contributed by atoms with Crippen molar-refractivity contribution in [3.8, 4) is 5.75 Å². The highest BCUT2D eigenvalue weighted by Gasteiger charge is 2.14. The van der Waals surface area contributed by atoms with Gasteiger partial charge in [0.25, 0.3) is 0 Å². The number of aromatic hydroxyl groups is 1. The minimum absolute atomic E-state index is 0.0586. The average Bonchev–Trinajstić information content (AvgIpc) is 2.18. The van der Waals surface area contributed by atoms with Crippen LogP contribution in [0.2, 0.25) is 0 Å². The van der Waals surface area contributed by atoms with Crippen molar-refractivity contribution in [1.82, 2.24) is 5.32 Å². The third kappa shape index (κ3) is 3.25. The zero-order valence-electron chi connectivity index (χ0n) is 8.77. The Balaban J connectivity index is 2.64. The third-order valence-corrected chi connectivity index (χ3v) is 2.26. The third-order valence-electron chi connectivity index (χ3n) is 2.26. The highest BCUT2D eigenvalue weighted by Crippen LogP contribution is 2.16. The second-order valence-electron chi connectivity index (χ2n) is 3.54. The standard InChI is InChI=1S/C11H15NO3/c1-7(12-8(2)11(14)15)9-3-5-10(13)6-4-9/h3-8,12-13H,1-2H3,(H,14,15). The van der Waals surface area contributed by atoms with Gasteiger partial charge in [0.15, 0.2) is 0 Å². The van der Waals surface area contributed by atoms with E-state index in [1.165, 1.54) is 0 Å². The average molecular weight is 209 g/mol. The van der Waals surface area contributed by atoms with Crippen LogP contribution in [0, 0.1) is 0 Å². The Morgan fingerprint density at radius 3 is 2.27 bits per heavy atom. The van der Waals surface area contributed by atoms with Gasteiger partial charge >= 0.3 is 5.97 Å². The van der Waals surface area contributed by atoms with Gasteiger partial charge in [-0.2, -0.15) is 0 Å². The van der Waals surface area contributed by atoms with Gasteiger partial charge in [0.05, 0.1) is 0 Å². The van der Waals surface area contributed by atoms with Gasteiger partial charge < -0.3 is 10.2 Å². The molecule has 4 heteroatoms. The molecule has 0 aliphatic heterocycles. The first-order valence-corrected chi connectivity index (χ1v) is 4.78. The van der Waals surface area contributed by atoms with Crippen LogP contribution in [-0.4, -0.2) is 22.2 Å². The molecule has 0 amide bonds.